The third kappa shape index (κ3) is 8.29. The number of hydrazone groups is 1. The zero-order valence-electron chi connectivity index (χ0n) is 22.6. The lowest BCUT2D eigenvalue weighted by molar-refractivity contribution is -0.123. The first-order valence-corrected chi connectivity index (χ1v) is 14.1. The molecule has 0 unspecified atom stereocenters. The summed E-state index contributed by atoms with van der Waals surface area (Å²) < 4.78 is 38.7. The van der Waals surface area contributed by atoms with Crippen molar-refractivity contribution in [2.45, 2.75) is 25.3 Å². The maximum absolute atomic E-state index is 13.5. The Balaban J connectivity index is 1.34. The summed E-state index contributed by atoms with van der Waals surface area (Å²) in [5.74, 6) is 0.220. The van der Waals surface area contributed by atoms with E-state index in [0.717, 1.165) is 15.4 Å². The number of nitrogens with zero attached hydrogens (tertiary/aromatic N) is 2. The van der Waals surface area contributed by atoms with E-state index >= 15 is 0 Å². The molecule has 0 fully saturated rings. The van der Waals surface area contributed by atoms with Gasteiger partial charge in [-0.1, -0.05) is 29.8 Å². The molecule has 2 amide bonds. The van der Waals surface area contributed by atoms with Crippen LogP contribution in [0, 0.1) is 13.8 Å². The third-order valence-corrected chi connectivity index (χ3v) is 7.67. The molecule has 1 heterocycles. The summed E-state index contributed by atoms with van der Waals surface area (Å²) in [6.45, 7) is 3.36. The summed E-state index contributed by atoms with van der Waals surface area (Å²) >= 11 is 0. The highest BCUT2D eigenvalue weighted by atomic mass is 32.2. The van der Waals surface area contributed by atoms with Gasteiger partial charge in [0.1, 0.15) is 18.1 Å². The molecule has 0 aliphatic heterocycles. The van der Waals surface area contributed by atoms with E-state index in [0.29, 0.717) is 22.8 Å². The van der Waals surface area contributed by atoms with E-state index < -0.39 is 22.5 Å². The summed E-state index contributed by atoms with van der Waals surface area (Å²) in [7, 11) is -4.02. The van der Waals surface area contributed by atoms with Crippen molar-refractivity contribution in [1.29, 1.82) is 0 Å². The van der Waals surface area contributed by atoms with Crippen LogP contribution in [0.15, 0.2) is 106 Å². The van der Waals surface area contributed by atoms with Crippen molar-refractivity contribution in [3.8, 4) is 5.75 Å². The van der Waals surface area contributed by atoms with Crippen molar-refractivity contribution < 1.29 is 27.2 Å². The summed E-state index contributed by atoms with van der Waals surface area (Å²) in [6.07, 6.45) is 2.95. The number of carbonyl (C=O) groups is 2. The van der Waals surface area contributed by atoms with Crippen LogP contribution < -0.4 is 19.8 Å². The van der Waals surface area contributed by atoms with Gasteiger partial charge in [0.25, 0.3) is 21.8 Å². The fraction of sp³-hybridized carbons (Fsp3) is 0.167. The van der Waals surface area contributed by atoms with Crippen LogP contribution in [0.4, 0.5) is 5.69 Å². The van der Waals surface area contributed by atoms with Gasteiger partial charge in [0.15, 0.2) is 6.61 Å². The minimum Gasteiger partial charge on any atom is -0.484 e. The van der Waals surface area contributed by atoms with E-state index in [-0.39, 0.29) is 24.0 Å². The van der Waals surface area contributed by atoms with Gasteiger partial charge in [-0.15, -0.1) is 0 Å². The smallest absolute Gasteiger partial charge is 0.264 e. The number of benzene rings is 3. The number of rotatable bonds is 12. The summed E-state index contributed by atoms with van der Waals surface area (Å²) in [4.78, 5) is 24.8. The lowest BCUT2D eigenvalue weighted by atomic mass is 10.2. The van der Waals surface area contributed by atoms with E-state index in [1.807, 2.05) is 19.9 Å². The molecule has 0 aliphatic rings. The molecule has 0 spiro atoms. The van der Waals surface area contributed by atoms with Crippen LogP contribution in [0.5, 0.6) is 5.75 Å². The standard InChI is InChI=1S/C30H30N4O6S/c1-22-8-14-28(15-9-22)41(37,38)34(25-6-3-5-23(2)17-25)20-29(35)33-32-18-24-10-12-26(13-11-24)40-21-30(36)31-19-27-7-4-16-39-27/h3-18H,19-21H2,1-2H3,(H,31,36)(H,33,35)/b32-18-. The molecule has 10 nitrogen and oxygen atoms in total. The Morgan fingerprint density at radius 1 is 0.927 bits per heavy atom. The molecule has 1 aromatic heterocycles. The Kier molecular flexibility index (Phi) is 9.54. The van der Waals surface area contributed by atoms with Gasteiger partial charge >= 0.3 is 0 Å². The maximum atomic E-state index is 13.5. The first-order valence-electron chi connectivity index (χ1n) is 12.7. The van der Waals surface area contributed by atoms with E-state index in [9.17, 15) is 18.0 Å². The largest absolute Gasteiger partial charge is 0.484 e. The van der Waals surface area contributed by atoms with Crippen molar-refractivity contribution in [3.05, 3.63) is 114 Å². The molecule has 41 heavy (non-hydrogen) atoms. The van der Waals surface area contributed by atoms with Crippen LogP contribution in [0.3, 0.4) is 0 Å². The van der Waals surface area contributed by atoms with E-state index in [2.05, 4.69) is 15.8 Å². The zero-order valence-corrected chi connectivity index (χ0v) is 23.4. The van der Waals surface area contributed by atoms with Gasteiger partial charge in [0.2, 0.25) is 0 Å². The van der Waals surface area contributed by atoms with Crippen molar-refractivity contribution >= 4 is 33.7 Å². The number of anilines is 1. The van der Waals surface area contributed by atoms with E-state index in [1.165, 1.54) is 24.6 Å². The number of nitrogens with one attached hydrogen (secondary N) is 2. The zero-order chi connectivity index (χ0) is 29.2. The van der Waals surface area contributed by atoms with Crippen molar-refractivity contribution in [3.63, 3.8) is 0 Å². The summed E-state index contributed by atoms with van der Waals surface area (Å²) in [5.41, 5.74) is 5.19. The van der Waals surface area contributed by atoms with Gasteiger partial charge in [-0.3, -0.25) is 13.9 Å². The van der Waals surface area contributed by atoms with Crippen LogP contribution >= 0.6 is 0 Å². The molecular weight excluding hydrogens is 544 g/mol. The molecule has 0 aliphatic carbocycles. The summed E-state index contributed by atoms with van der Waals surface area (Å²) in [6, 6.07) is 23.6. The molecule has 212 valence electrons. The molecular formula is C30H30N4O6S. The Labute approximate surface area is 238 Å². The molecule has 0 saturated heterocycles. The maximum Gasteiger partial charge on any atom is 0.264 e. The molecule has 11 heteroatoms. The quantitative estimate of drug-likeness (QED) is 0.195. The third-order valence-electron chi connectivity index (χ3n) is 5.88. The lowest BCUT2D eigenvalue weighted by Crippen LogP contribution is -2.39. The van der Waals surface area contributed by atoms with Gasteiger partial charge in [-0.05, 0) is 85.6 Å². The number of ether oxygens (including phenoxy) is 1. The highest BCUT2D eigenvalue weighted by molar-refractivity contribution is 7.92. The lowest BCUT2D eigenvalue weighted by Gasteiger charge is -2.24. The molecule has 3 aromatic carbocycles. The van der Waals surface area contributed by atoms with Gasteiger partial charge in [0, 0.05) is 0 Å². The predicted octanol–water partition coefficient (Wildman–Crippen LogP) is 3.94. The molecule has 4 rings (SSSR count). The van der Waals surface area contributed by atoms with Crippen LogP contribution in [0.25, 0.3) is 0 Å². The Hall–Kier alpha value is -4.90. The van der Waals surface area contributed by atoms with Crippen LogP contribution in [-0.4, -0.2) is 39.6 Å². The second-order valence-electron chi connectivity index (χ2n) is 9.17. The highest BCUT2D eigenvalue weighted by Gasteiger charge is 2.27. The second kappa shape index (κ2) is 13.4. The van der Waals surface area contributed by atoms with Crippen LogP contribution in [0.1, 0.15) is 22.5 Å². The Bertz CT molecular complexity index is 1600. The number of hydrogen-bond donors (Lipinski definition) is 2. The number of hydrogen-bond acceptors (Lipinski definition) is 7. The molecule has 0 saturated carbocycles. The average Bonchev–Trinajstić information content (AvgIpc) is 3.48. The minimum absolute atomic E-state index is 0.0817. The molecule has 2 N–H and O–H groups in total. The van der Waals surface area contributed by atoms with E-state index in [1.54, 1.807) is 66.7 Å². The Morgan fingerprint density at radius 3 is 2.37 bits per heavy atom. The van der Waals surface area contributed by atoms with Crippen molar-refractivity contribution in [1.82, 2.24) is 10.7 Å². The van der Waals surface area contributed by atoms with E-state index in [4.69, 9.17) is 9.15 Å². The van der Waals surface area contributed by atoms with Gasteiger partial charge in [0.05, 0.1) is 29.6 Å². The molecule has 0 bridgehead atoms. The Morgan fingerprint density at radius 2 is 1.68 bits per heavy atom. The number of sulfonamides is 1. The van der Waals surface area contributed by atoms with Crippen molar-refractivity contribution in [2.24, 2.45) is 5.10 Å². The average molecular weight is 575 g/mol. The van der Waals surface area contributed by atoms with Crippen LogP contribution in [0.2, 0.25) is 0 Å². The predicted molar refractivity (Wildman–Crippen MR) is 155 cm³/mol. The molecule has 0 atom stereocenters. The first-order chi connectivity index (χ1) is 19.7. The topological polar surface area (TPSA) is 130 Å². The number of carbonyl (C=O) groups excluding carboxylic acids is 2. The number of furan rings is 1. The van der Waals surface area contributed by atoms with Gasteiger partial charge in [-0.2, -0.15) is 5.10 Å². The first kappa shape index (κ1) is 29.1. The normalized spacial score (nSPS) is 11.3. The fourth-order valence-electron chi connectivity index (χ4n) is 3.73. The van der Waals surface area contributed by atoms with Gasteiger partial charge in [-0.25, -0.2) is 13.8 Å². The van der Waals surface area contributed by atoms with Crippen LogP contribution in [-0.2, 0) is 26.2 Å². The summed E-state index contributed by atoms with van der Waals surface area (Å²) in [5, 5.41) is 6.66. The molecule has 4 aromatic rings. The number of aryl methyl sites for hydroxylation is 2. The monoisotopic (exact) mass is 574 g/mol. The fourth-order valence-corrected chi connectivity index (χ4v) is 5.14. The van der Waals surface area contributed by atoms with Gasteiger partial charge < -0.3 is 14.5 Å². The SMILES string of the molecule is Cc1ccc(S(=O)(=O)N(CC(=O)N/N=C\c2ccc(OCC(=O)NCc3ccco3)cc2)c2cccc(C)c2)cc1. The van der Waals surface area contributed by atoms with Crippen molar-refractivity contribution in [2.75, 3.05) is 17.5 Å². The minimum atomic E-state index is -4.02. The second-order valence-corrected chi connectivity index (χ2v) is 11.0. The number of amides is 2. The molecule has 0 radical (unpaired) electrons. The highest BCUT2D eigenvalue weighted by Crippen LogP contribution is 2.24.